The molecule has 2 aliphatic carbocycles. The highest BCUT2D eigenvalue weighted by molar-refractivity contribution is 5.95. The molecule has 0 aromatic rings. The maximum absolute atomic E-state index is 11.1. The third-order valence-electron chi connectivity index (χ3n) is 4.37. The second kappa shape index (κ2) is 6.55. The summed E-state index contributed by atoms with van der Waals surface area (Å²) in [5.41, 5.74) is 1.21. The molecule has 1 N–H and O–H groups in total. The molecule has 0 heterocycles. The van der Waals surface area contributed by atoms with E-state index in [-0.39, 0.29) is 11.2 Å². The second-order valence-corrected chi connectivity index (χ2v) is 7.62. The summed E-state index contributed by atoms with van der Waals surface area (Å²) in [6.45, 7) is 8.70. The summed E-state index contributed by atoms with van der Waals surface area (Å²) in [7, 11) is 0. The van der Waals surface area contributed by atoms with Crippen LogP contribution in [0.1, 0.15) is 72.6 Å². The monoisotopic (exact) mass is 280 g/mol. The van der Waals surface area contributed by atoms with Crippen molar-refractivity contribution in [1.82, 2.24) is 0 Å². The molecule has 0 saturated heterocycles. The van der Waals surface area contributed by atoms with Crippen molar-refractivity contribution in [3.05, 3.63) is 11.8 Å². The Kier molecular flexibility index (Phi) is 5.55. The quantitative estimate of drug-likeness (QED) is 0.529. The van der Waals surface area contributed by atoms with Gasteiger partial charge in [-0.2, -0.15) is 0 Å². The molecular weight excluding hydrogens is 252 g/mol. The van der Waals surface area contributed by atoms with Crippen molar-refractivity contribution in [2.24, 2.45) is 10.8 Å². The minimum Gasteiger partial charge on any atom is -0.515 e. The summed E-state index contributed by atoms with van der Waals surface area (Å²) in [6.07, 6.45) is 6.99. The fourth-order valence-electron chi connectivity index (χ4n) is 2.64. The lowest BCUT2D eigenvalue weighted by atomic mass is 9.75. The molecule has 0 spiro atoms. The van der Waals surface area contributed by atoms with Crippen LogP contribution in [-0.4, -0.2) is 16.7 Å². The van der Waals surface area contributed by atoms with E-state index in [1.54, 1.807) is 0 Å². The molecule has 0 radical (unpaired) electrons. The van der Waals surface area contributed by atoms with Crippen LogP contribution in [0.3, 0.4) is 0 Å². The van der Waals surface area contributed by atoms with E-state index in [2.05, 4.69) is 27.7 Å². The second-order valence-electron chi connectivity index (χ2n) is 7.62. The largest absolute Gasteiger partial charge is 0.515 e. The number of carbonyl (C=O) groups is 2. The fraction of sp³-hybridized carbons (Fsp3) is 0.765. The highest BCUT2D eigenvalue weighted by Gasteiger charge is 2.29. The lowest BCUT2D eigenvalue weighted by Gasteiger charge is -2.29. The van der Waals surface area contributed by atoms with Crippen LogP contribution < -0.4 is 0 Å². The maximum Gasteiger partial charge on any atom is 0.161 e. The van der Waals surface area contributed by atoms with Crippen molar-refractivity contribution in [3.63, 3.8) is 0 Å². The van der Waals surface area contributed by atoms with Gasteiger partial charge in [-0.1, -0.05) is 27.7 Å². The molecule has 2 saturated carbocycles. The van der Waals surface area contributed by atoms with E-state index in [9.17, 15) is 9.59 Å². The Hall–Kier alpha value is -1.12. The zero-order valence-corrected chi connectivity index (χ0v) is 13.3. The first kappa shape index (κ1) is 16.9. The first-order chi connectivity index (χ1) is 9.15. The molecule has 0 bridgehead atoms. The van der Waals surface area contributed by atoms with Crippen LogP contribution in [0.4, 0.5) is 0 Å². The zero-order valence-electron chi connectivity index (χ0n) is 13.3. The number of Topliss-reactive ketones (excluding diaryl/α,β-unsaturated/α-hetero) is 2. The van der Waals surface area contributed by atoms with Gasteiger partial charge in [0.15, 0.2) is 5.78 Å². The Balaban J connectivity index is 0.000000204. The lowest BCUT2D eigenvalue weighted by molar-refractivity contribution is -0.122. The van der Waals surface area contributed by atoms with Gasteiger partial charge in [0.05, 0.1) is 6.26 Å². The van der Waals surface area contributed by atoms with E-state index in [4.69, 9.17) is 5.11 Å². The van der Waals surface area contributed by atoms with Crippen LogP contribution in [0.25, 0.3) is 0 Å². The summed E-state index contributed by atoms with van der Waals surface area (Å²) in [5, 5.41) is 8.71. The average Bonchev–Trinajstić information content (AvgIpc) is 2.37. The van der Waals surface area contributed by atoms with Gasteiger partial charge in [-0.25, -0.2) is 0 Å². The summed E-state index contributed by atoms with van der Waals surface area (Å²) in [6, 6.07) is 0. The molecule has 0 amide bonds. The molecule has 3 heteroatoms. The zero-order chi connectivity index (χ0) is 15.4. The van der Waals surface area contributed by atoms with Crippen molar-refractivity contribution < 1.29 is 14.7 Å². The molecular formula is C17H28O3. The third kappa shape index (κ3) is 5.48. The van der Waals surface area contributed by atoms with Crippen LogP contribution in [0.15, 0.2) is 11.8 Å². The van der Waals surface area contributed by atoms with Crippen molar-refractivity contribution in [2.75, 3.05) is 0 Å². The summed E-state index contributed by atoms with van der Waals surface area (Å²) in [4.78, 5) is 21.8. The first-order valence-electron chi connectivity index (χ1n) is 7.53. The molecule has 2 fully saturated rings. The molecule has 0 atom stereocenters. The number of carbonyl (C=O) groups excluding carboxylic acids is 2. The van der Waals surface area contributed by atoms with Crippen LogP contribution in [0, 0.1) is 10.8 Å². The van der Waals surface area contributed by atoms with Gasteiger partial charge in [-0.3, -0.25) is 9.59 Å². The van der Waals surface area contributed by atoms with E-state index in [1.165, 1.54) is 0 Å². The lowest BCUT2D eigenvalue weighted by Crippen LogP contribution is -2.23. The normalized spacial score (nSPS) is 26.9. The molecule has 0 aliphatic heterocycles. The van der Waals surface area contributed by atoms with E-state index in [0.29, 0.717) is 29.6 Å². The Morgan fingerprint density at radius 2 is 1.40 bits per heavy atom. The molecule has 20 heavy (non-hydrogen) atoms. The van der Waals surface area contributed by atoms with Crippen LogP contribution >= 0.6 is 0 Å². The summed E-state index contributed by atoms with van der Waals surface area (Å²) < 4.78 is 0. The third-order valence-corrected chi connectivity index (χ3v) is 4.37. The first-order valence-corrected chi connectivity index (χ1v) is 7.53. The van der Waals surface area contributed by atoms with Gasteiger partial charge in [-0.15, -0.1) is 0 Å². The van der Waals surface area contributed by atoms with Gasteiger partial charge < -0.3 is 5.11 Å². The molecule has 0 unspecified atom stereocenters. The SMILES string of the molecule is CC1(C)CCC(=O)/C(=C\O)C1.CC1(C)CCC(=O)CC1. The number of ketones is 2. The van der Waals surface area contributed by atoms with Crippen molar-refractivity contribution in [1.29, 1.82) is 0 Å². The van der Waals surface area contributed by atoms with Crippen molar-refractivity contribution in [3.8, 4) is 0 Å². The van der Waals surface area contributed by atoms with Gasteiger partial charge in [0.1, 0.15) is 5.78 Å². The fourth-order valence-corrected chi connectivity index (χ4v) is 2.64. The molecule has 3 nitrogen and oxygen atoms in total. The Bertz CT molecular complexity index is 390. The number of rotatable bonds is 0. The van der Waals surface area contributed by atoms with Gasteiger partial charge in [0.25, 0.3) is 0 Å². The number of hydrogen-bond acceptors (Lipinski definition) is 3. The van der Waals surface area contributed by atoms with E-state index in [0.717, 1.165) is 38.4 Å². The number of aliphatic hydroxyl groups excluding tert-OH is 1. The number of allylic oxidation sites excluding steroid dienone is 1. The Morgan fingerprint density at radius 1 is 0.900 bits per heavy atom. The van der Waals surface area contributed by atoms with E-state index < -0.39 is 0 Å². The van der Waals surface area contributed by atoms with Gasteiger partial charge in [-0.05, 0) is 36.5 Å². The van der Waals surface area contributed by atoms with E-state index >= 15 is 0 Å². The highest BCUT2D eigenvalue weighted by atomic mass is 16.2. The average molecular weight is 280 g/mol. The highest BCUT2D eigenvalue weighted by Crippen LogP contribution is 2.36. The molecule has 0 aromatic carbocycles. The molecule has 2 rings (SSSR count). The molecule has 2 aliphatic rings. The van der Waals surface area contributed by atoms with Crippen molar-refractivity contribution in [2.45, 2.75) is 72.6 Å². The summed E-state index contributed by atoms with van der Waals surface area (Å²) >= 11 is 0. The van der Waals surface area contributed by atoms with Gasteiger partial charge in [0.2, 0.25) is 0 Å². The smallest absolute Gasteiger partial charge is 0.161 e. The molecule has 0 aromatic heterocycles. The summed E-state index contributed by atoms with van der Waals surface area (Å²) in [5.74, 6) is 0.557. The predicted molar refractivity (Wildman–Crippen MR) is 80.6 cm³/mol. The number of aliphatic hydroxyl groups is 1. The standard InChI is InChI=1S/C9H14O2.C8H14O/c1-9(2)4-3-8(11)7(5-9)6-10;1-8(2)5-3-7(9)4-6-8/h6,10H,3-5H2,1-2H3;3-6H2,1-2H3/b7-6-;. The van der Waals surface area contributed by atoms with E-state index in [1.807, 2.05) is 0 Å². The maximum atomic E-state index is 11.1. The van der Waals surface area contributed by atoms with Crippen LogP contribution in [0.5, 0.6) is 0 Å². The molecule has 114 valence electrons. The topological polar surface area (TPSA) is 54.4 Å². The minimum absolute atomic E-state index is 0.104. The predicted octanol–water partition coefficient (Wildman–Crippen LogP) is 4.36. The van der Waals surface area contributed by atoms with Crippen molar-refractivity contribution >= 4 is 11.6 Å². The minimum atomic E-state index is 0.104. The van der Waals surface area contributed by atoms with Gasteiger partial charge >= 0.3 is 0 Å². The Morgan fingerprint density at radius 3 is 1.80 bits per heavy atom. The van der Waals surface area contributed by atoms with Crippen LogP contribution in [0.2, 0.25) is 0 Å². The van der Waals surface area contributed by atoms with Crippen LogP contribution in [-0.2, 0) is 9.59 Å². The number of hydrogen-bond donors (Lipinski definition) is 1. The Labute approximate surface area is 122 Å². The van der Waals surface area contributed by atoms with Gasteiger partial charge in [0, 0.05) is 24.8 Å².